The van der Waals surface area contributed by atoms with Crippen molar-refractivity contribution in [3.8, 4) is 0 Å². The van der Waals surface area contributed by atoms with E-state index < -0.39 is 12.1 Å². The van der Waals surface area contributed by atoms with Gasteiger partial charge in [0.25, 0.3) is 5.91 Å². The minimum Gasteiger partial charge on any atom is -0.449 e. The van der Waals surface area contributed by atoms with Crippen molar-refractivity contribution in [3.63, 3.8) is 0 Å². The zero-order chi connectivity index (χ0) is 18.2. The highest BCUT2D eigenvalue weighted by molar-refractivity contribution is 5.97. The highest BCUT2D eigenvalue weighted by atomic mass is 16.5. The molecule has 0 unspecified atom stereocenters. The van der Waals surface area contributed by atoms with Gasteiger partial charge in [-0.25, -0.2) is 4.79 Å². The monoisotopic (exact) mass is 341 g/mol. The van der Waals surface area contributed by atoms with E-state index in [1.54, 1.807) is 31.2 Å². The van der Waals surface area contributed by atoms with Gasteiger partial charge in [-0.2, -0.15) is 0 Å². The summed E-state index contributed by atoms with van der Waals surface area (Å²) in [6, 6.07) is 16.0. The van der Waals surface area contributed by atoms with E-state index in [2.05, 4.69) is 5.32 Å². The Labute approximate surface area is 148 Å². The molecule has 5 heteroatoms. The van der Waals surface area contributed by atoms with Crippen LogP contribution in [0.3, 0.4) is 0 Å². The Hall–Kier alpha value is -2.66. The molecule has 0 radical (unpaired) electrons. The summed E-state index contributed by atoms with van der Waals surface area (Å²) in [4.78, 5) is 24.2. The summed E-state index contributed by atoms with van der Waals surface area (Å²) >= 11 is 0. The van der Waals surface area contributed by atoms with E-state index in [9.17, 15) is 9.59 Å². The molecule has 1 N–H and O–H groups in total. The third kappa shape index (κ3) is 6.04. The van der Waals surface area contributed by atoms with Crippen LogP contribution in [0.5, 0.6) is 0 Å². The summed E-state index contributed by atoms with van der Waals surface area (Å²) in [6.45, 7) is 5.96. The molecule has 2 rings (SSSR count). The van der Waals surface area contributed by atoms with Gasteiger partial charge in [-0.05, 0) is 50.6 Å². The highest BCUT2D eigenvalue weighted by Gasteiger charge is 2.19. The van der Waals surface area contributed by atoms with Crippen LogP contribution in [0.1, 0.15) is 36.7 Å². The van der Waals surface area contributed by atoms with Crippen LogP contribution < -0.4 is 5.32 Å². The van der Waals surface area contributed by atoms with Crippen LogP contribution in [0.15, 0.2) is 54.6 Å². The first-order valence-corrected chi connectivity index (χ1v) is 8.23. The standard InChI is InChI=1S/C20H23NO4/c1-14(2)24-13-16-9-11-17(12-10-16)20(23)25-15(3)19(22)21-18-7-5-4-6-8-18/h4-12,14-15H,13H2,1-3H3,(H,21,22)/t15-/m1/s1. The molecule has 1 amide bonds. The number of carbonyl (C=O) groups is 2. The first-order valence-electron chi connectivity index (χ1n) is 8.23. The predicted octanol–water partition coefficient (Wildman–Crippen LogP) is 3.80. The molecule has 0 saturated carbocycles. The molecule has 0 saturated heterocycles. The number of amides is 1. The summed E-state index contributed by atoms with van der Waals surface area (Å²) < 4.78 is 10.7. The predicted molar refractivity (Wildman–Crippen MR) is 96.3 cm³/mol. The fourth-order valence-electron chi connectivity index (χ4n) is 2.05. The van der Waals surface area contributed by atoms with Crippen molar-refractivity contribution in [1.82, 2.24) is 0 Å². The molecule has 0 heterocycles. The SMILES string of the molecule is CC(C)OCc1ccc(C(=O)O[C@H](C)C(=O)Nc2ccccc2)cc1. The van der Waals surface area contributed by atoms with Gasteiger partial charge >= 0.3 is 5.97 Å². The summed E-state index contributed by atoms with van der Waals surface area (Å²) in [5, 5.41) is 2.70. The Morgan fingerprint density at radius 2 is 1.60 bits per heavy atom. The Balaban J connectivity index is 1.88. The maximum absolute atomic E-state index is 12.2. The Kier molecular flexibility index (Phi) is 6.71. The third-order valence-corrected chi connectivity index (χ3v) is 3.47. The number of anilines is 1. The summed E-state index contributed by atoms with van der Waals surface area (Å²) in [5.74, 6) is -0.909. The van der Waals surface area contributed by atoms with Crippen LogP contribution in [-0.2, 0) is 20.9 Å². The van der Waals surface area contributed by atoms with Gasteiger partial charge in [-0.3, -0.25) is 4.79 Å². The first kappa shape index (κ1) is 18.7. The average Bonchev–Trinajstić information content (AvgIpc) is 2.61. The number of benzene rings is 2. The van der Waals surface area contributed by atoms with Crippen LogP contribution in [-0.4, -0.2) is 24.1 Å². The molecule has 0 spiro atoms. The second-order valence-electron chi connectivity index (χ2n) is 5.96. The molecular formula is C20H23NO4. The molecule has 0 fully saturated rings. The average molecular weight is 341 g/mol. The molecule has 0 aromatic heterocycles. The molecule has 0 aliphatic carbocycles. The van der Waals surface area contributed by atoms with Crippen LogP contribution in [0, 0.1) is 0 Å². The zero-order valence-corrected chi connectivity index (χ0v) is 14.7. The van der Waals surface area contributed by atoms with Gasteiger partial charge < -0.3 is 14.8 Å². The second kappa shape index (κ2) is 8.99. The lowest BCUT2D eigenvalue weighted by Crippen LogP contribution is -2.29. The van der Waals surface area contributed by atoms with Gasteiger partial charge in [0.05, 0.1) is 18.3 Å². The van der Waals surface area contributed by atoms with Crippen molar-refractivity contribution in [2.45, 2.75) is 39.6 Å². The molecule has 132 valence electrons. The van der Waals surface area contributed by atoms with Crippen molar-refractivity contribution in [1.29, 1.82) is 0 Å². The van der Waals surface area contributed by atoms with Crippen molar-refractivity contribution in [2.24, 2.45) is 0 Å². The lowest BCUT2D eigenvalue weighted by atomic mass is 10.1. The largest absolute Gasteiger partial charge is 0.449 e. The van der Waals surface area contributed by atoms with Gasteiger partial charge in [0.1, 0.15) is 0 Å². The molecule has 2 aromatic rings. The second-order valence-corrected chi connectivity index (χ2v) is 5.96. The number of hydrogen-bond acceptors (Lipinski definition) is 4. The van der Waals surface area contributed by atoms with E-state index in [0.29, 0.717) is 17.9 Å². The number of nitrogens with one attached hydrogen (secondary N) is 1. The maximum Gasteiger partial charge on any atom is 0.338 e. The molecule has 0 aliphatic heterocycles. The summed E-state index contributed by atoms with van der Waals surface area (Å²) in [7, 11) is 0. The van der Waals surface area contributed by atoms with Gasteiger partial charge in [-0.1, -0.05) is 30.3 Å². The minimum absolute atomic E-state index is 0.147. The number of carbonyl (C=O) groups excluding carboxylic acids is 2. The Morgan fingerprint density at radius 1 is 0.960 bits per heavy atom. The van der Waals surface area contributed by atoms with Crippen LogP contribution >= 0.6 is 0 Å². The number of rotatable bonds is 7. The van der Waals surface area contributed by atoms with E-state index in [1.165, 1.54) is 0 Å². The van der Waals surface area contributed by atoms with Crippen molar-refractivity contribution < 1.29 is 19.1 Å². The first-order chi connectivity index (χ1) is 12.0. The zero-order valence-electron chi connectivity index (χ0n) is 14.7. The Bertz CT molecular complexity index is 695. The molecule has 2 aromatic carbocycles. The lowest BCUT2D eigenvalue weighted by molar-refractivity contribution is -0.123. The number of esters is 1. The van der Waals surface area contributed by atoms with Gasteiger partial charge in [0, 0.05) is 5.69 Å². The minimum atomic E-state index is -0.892. The Morgan fingerprint density at radius 3 is 2.20 bits per heavy atom. The van der Waals surface area contributed by atoms with E-state index >= 15 is 0 Å². The summed E-state index contributed by atoms with van der Waals surface area (Å²) in [6.07, 6.45) is -0.745. The van der Waals surface area contributed by atoms with Gasteiger partial charge in [0.2, 0.25) is 0 Å². The van der Waals surface area contributed by atoms with Crippen molar-refractivity contribution >= 4 is 17.6 Å². The fourth-order valence-corrected chi connectivity index (χ4v) is 2.05. The maximum atomic E-state index is 12.2. The topological polar surface area (TPSA) is 64.6 Å². The molecule has 1 atom stereocenters. The van der Waals surface area contributed by atoms with E-state index in [4.69, 9.17) is 9.47 Å². The van der Waals surface area contributed by atoms with Crippen LogP contribution in [0.25, 0.3) is 0 Å². The van der Waals surface area contributed by atoms with E-state index in [-0.39, 0.29) is 12.0 Å². The molecule has 25 heavy (non-hydrogen) atoms. The molecule has 0 aliphatic rings. The molecule has 0 bridgehead atoms. The summed E-state index contributed by atoms with van der Waals surface area (Å²) in [5.41, 5.74) is 2.03. The quantitative estimate of drug-likeness (QED) is 0.778. The smallest absolute Gasteiger partial charge is 0.338 e. The van der Waals surface area contributed by atoms with Gasteiger partial charge in [0.15, 0.2) is 6.10 Å². The van der Waals surface area contributed by atoms with E-state index in [0.717, 1.165) is 5.56 Å². The van der Waals surface area contributed by atoms with Crippen molar-refractivity contribution in [2.75, 3.05) is 5.32 Å². The lowest BCUT2D eigenvalue weighted by Gasteiger charge is -2.14. The number of hydrogen-bond donors (Lipinski definition) is 1. The third-order valence-electron chi connectivity index (χ3n) is 3.47. The van der Waals surface area contributed by atoms with Crippen molar-refractivity contribution in [3.05, 3.63) is 65.7 Å². The number of ether oxygens (including phenoxy) is 2. The van der Waals surface area contributed by atoms with Crippen LogP contribution in [0.4, 0.5) is 5.69 Å². The van der Waals surface area contributed by atoms with Crippen LogP contribution in [0.2, 0.25) is 0 Å². The van der Waals surface area contributed by atoms with E-state index in [1.807, 2.05) is 44.2 Å². The molecular weight excluding hydrogens is 318 g/mol. The van der Waals surface area contributed by atoms with Gasteiger partial charge in [-0.15, -0.1) is 0 Å². The highest BCUT2D eigenvalue weighted by Crippen LogP contribution is 2.11. The normalized spacial score (nSPS) is 11.8. The molecule has 5 nitrogen and oxygen atoms in total. The fraction of sp³-hybridized carbons (Fsp3) is 0.300. The number of para-hydroxylation sites is 1.